The van der Waals surface area contributed by atoms with Crippen molar-refractivity contribution in [3.8, 4) is 0 Å². The highest BCUT2D eigenvalue weighted by Crippen LogP contribution is 2.26. The van der Waals surface area contributed by atoms with Crippen molar-refractivity contribution in [2.75, 3.05) is 18.4 Å². The van der Waals surface area contributed by atoms with Gasteiger partial charge in [0.25, 0.3) is 5.91 Å². The monoisotopic (exact) mass is 395 g/mol. The lowest BCUT2D eigenvalue weighted by atomic mass is 9.96. The Kier molecular flexibility index (Phi) is 5.39. The largest absolute Gasteiger partial charge is 0.451 e. The average Bonchev–Trinajstić information content (AvgIpc) is 3.09. The first kappa shape index (κ1) is 19.8. The first-order valence-electron chi connectivity index (χ1n) is 8.81. The molecule has 28 heavy (non-hydrogen) atoms. The molecule has 7 nitrogen and oxygen atoms in total. The molecule has 1 aliphatic rings. The van der Waals surface area contributed by atoms with Crippen LogP contribution in [0.3, 0.4) is 0 Å². The predicted molar refractivity (Wildman–Crippen MR) is 94.6 cm³/mol. The zero-order valence-corrected chi connectivity index (χ0v) is 15.4. The van der Waals surface area contributed by atoms with Gasteiger partial charge in [0.2, 0.25) is 17.7 Å². The maximum atomic E-state index is 12.8. The van der Waals surface area contributed by atoms with E-state index in [1.165, 1.54) is 0 Å². The number of aryl methyl sites for hydroxylation is 2. The normalized spacial score (nSPS) is 17.5. The fourth-order valence-corrected chi connectivity index (χ4v) is 3.31. The number of aromatic amines is 1. The molecule has 0 aliphatic carbocycles. The second-order valence-electron chi connectivity index (χ2n) is 6.96. The van der Waals surface area contributed by atoms with Crippen LogP contribution in [0.25, 0.3) is 0 Å². The van der Waals surface area contributed by atoms with Crippen molar-refractivity contribution in [2.24, 2.45) is 5.92 Å². The van der Waals surface area contributed by atoms with Gasteiger partial charge in [0.05, 0.1) is 5.92 Å². The number of amides is 2. The van der Waals surface area contributed by atoms with Crippen LogP contribution < -0.4 is 5.32 Å². The number of carbonyl (C=O) groups excluding carboxylic acids is 2. The summed E-state index contributed by atoms with van der Waals surface area (Å²) in [6.45, 7) is 4.52. The quantitative estimate of drug-likeness (QED) is 0.836. The number of halogens is 3. The first-order chi connectivity index (χ1) is 13.1. The third-order valence-corrected chi connectivity index (χ3v) is 4.54. The lowest BCUT2D eigenvalue weighted by Gasteiger charge is -2.32. The number of H-pyrrole nitrogens is 1. The minimum atomic E-state index is -4.67. The molecule has 1 aromatic heterocycles. The van der Waals surface area contributed by atoms with Gasteiger partial charge in [-0.25, -0.2) is 0 Å². The van der Waals surface area contributed by atoms with E-state index in [0.29, 0.717) is 24.9 Å². The molecule has 0 saturated carbocycles. The Morgan fingerprint density at radius 1 is 1.21 bits per heavy atom. The summed E-state index contributed by atoms with van der Waals surface area (Å²) in [6, 6.07) is 5.56. The van der Waals surface area contributed by atoms with Crippen LogP contribution in [0.15, 0.2) is 18.2 Å². The van der Waals surface area contributed by atoms with Gasteiger partial charge in [-0.3, -0.25) is 20.0 Å². The zero-order valence-electron chi connectivity index (χ0n) is 15.4. The molecule has 2 aromatic rings. The van der Waals surface area contributed by atoms with E-state index in [-0.39, 0.29) is 12.5 Å². The highest BCUT2D eigenvalue weighted by Gasteiger charge is 2.36. The van der Waals surface area contributed by atoms with Gasteiger partial charge in [0, 0.05) is 18.7 Å². The fourth-order valence-electron chi connectivity index (χ4n) is 3.31. The van der Waals surface area contributed by atoms with E-state index in [1.807, 2.05) is 19.9 Å². The fraction of sp³-hybridized carbons (Fsp3) is 0.444. The SMILES string of the molecule is Cc1cc(C)cc(C(=O)N2CCC[C@@H](C(=O)Nc3n[nH]c(C(F)(F)F)n3)C2)c1. The lowest BCUT2D eigenvalue weighted by Crippen LogP contribution is -2.43. The predicted octanol–water partition coefficient (Wildman–Crippen LogP) is 2.93. The number of nitrogens with zero attached hydrogens (tertiary/aromatic N) is 3. The summed E-state index contributed by atoms with van der Waals surface area (Å²) < 4.78 is 37.7. The molecule has 2 heterocycles. The number of carbonyl (C=O) groups is 2. The van der Waals surface area contributed by atoms with E-state index in [2.05, 4.69) is 15.4 Å². The molecule has 1 atom stereocenters. The summed E-state index contributed by atoms with van der Waals surface area (Å²) >= 11 is 0. The molecule has 0 radical (unpaired) electrons. The highest BCUT2D eigenvalue weighted by molar-refractivity contribution is 5.96. The number of anilines is 1. The first-order valence-corrected chi connectivity index (χ1v) is 8.81. The molecule has 0 spiro atoms. The Morgan fingerprint density at radius 2 is 1.89 bits per heavy atom. The van der Waals surface area contributed by atoms with E-state index < -0.39 is 29.8 Å². The van der Waals surface area contributed by atoms with Crippen LogP contribution >= 0.6 is 0 Å². The number of benzene rings is 1. The molecular formula is C18H20F3N5O2. The van der Waals surface area contributed by atoms with Crippen LogP contribution in [-0.4, -0.2) is 45.0 Å². The summed E-state index contributed by atoms with van der Waals surface area (Å²) in [4.78, 5) is 30.0. The standard InChI is InChI=1S/C18H20F3N5O2/c1-10-6-11(2)8-13(7-10)15(28)26-5-3-4-12(9-26)14(27)22-17-23-16(24-25-17)18(19,20)21/h6-8,12H,3-5,9H2,1-2H3,(H2,22,23,24,25,27)/t12-/m1/s1. The van der Waals surface area contributed by atoms with E-state index in [9.17, 15) is 22.8 Å². The molecule has 10 heteroatoms. The molecule has 0 unspecified atom stereocenters. The van der Waals surface area contributed by atoms with Crippen LogP contribution in [0.1, 0.15) is 40.2 Å². The number of piperidine rings is 1. The Hall–Kier alpha value is -2.91. The van der Waals surface area contributed by atoms with Crippen molar-refractivity contribution < 1.29 is 22.8 Å². The van der Waals surface area contributed by atoms with Crippen molar-refractivity contribution in [3.05, 3.63) is 40.7 Å². The number of alkyl halides is 3. The van der Waals surface area contributed by atoms with Gasteiger partial charge in [-0.1, -0.05) is 17.2 Å². The van der Waals surface area contributed by atoms with Crippen molar-refractivity contribution in [1.29, 1.82) is 0 Å². The summed E-state index contributed by atoms with van der Waals surface area (Å²) in [5.74, 6) is -2.93. The van der Waals surface area contributed by atoms with Gasteiger partial charge in [-0.2, -0.15) is 18.2 Å². The van der Waals surface area contributed by atoms with Crippen LogP contribution in [0.2, 0.25) is 0 Å². The lowest BCUT2D eigenvalue weighted by molar-refractivity contribution is -0.144. The number of hydrogen-bond donors (Lipinski definition) is 2. The summed E-state index contributed by atoms with van der Waals surface area (Å²) in [6.07, 6.45) is -3.52. The number of rotatable bonds is 3. The van der Waals surface area contributed by atoms with Crippen LogP contribution in [-0.2, 0) is 11.0 Å². The van der Waals surface area contributed by atoms with Gasteiger partial charge in [0.1, 0.15) is 0 Å². The Balaban J connectivity index is 1.66. The van der Waals surface area contributed by atoms with Crippen LogP contribution in [0.4, 0.5) is 19.1 Å². The average molecular weight is 395 g/mol. The molecule has 3 rings (SSSR count). The number of likely N-dealkylation sites (tertiary alicyclic amines) is 1. The topological polar surface area (TPSA) is 91.0 Å². The van der Waals surface area contributed by atoms with Gasteiger partial charge in [0.15, 0.2) is 0 Å². The molecule has 1 saturated heterocycles. The van der Waals surface area contributed by atoms with E-state index >= 15 is 0 Å². The molecule has 0 bridgehead atoms. The van der Waals surface area contributed by atoms with Crippen molar-refractivity contribution in [2.45, 2.75) is 32.9 Å². The molecule has 2 amide bonds. The van der Waals surface area contributed by atoms with Gasteiger partial charge >= 0.3 is 6.18 Å². The number of nitrogens with one attached hydrogen (secondary N) is 2. The van der Waals surface area contributed by atoms with Crippen LogP contribution in [0, 0.1) is 19.8 Å². The second kappa shape index (κ2) is 7.61. The number of hydrogen-bond acceptors (Lipinski definition) is 4. The van der Waals surface area contributed by atoms with E-state index in [1.54, 1.807) is 22.1 Å². The second-order valence-corrected chi connectivity index (χ2v) is 6.96. The molecule has 150 valence electrons. The molecule has 1 aliphatic heterocycles. The number of aromatic nitrogens is 3. The van der Waals surface area contributed by atoms with Gasteiger partial charge < -0.3 is 4.90 Å². The van der Waals surface area contributed by atoms with Gasteiger partial charge in [-0.05, 0) is 38.8 Å². The van der Waals surface area contributed by atoms with Gasteiger partial charge in [-0.15, -0.1) is 5.10 Å². The smallest absolute Gasteiger partial charge is 0.338 e. The minimum Gasteiger partial charge on any atom is -0.338 e. The van der Waals surface area contributed by atoms with Crippen molar-refractivity contribution in [1.82, 2.24) is 20.1 Å². The summed E-state index contributed by atoms with van der Waals surface area (Å²) in [7, 11) is 0. The van der Waals surface area contributed by atoms with E-state index in [4.69, 9.17) is 0 Å². The maximum Gasteiger partial charge on any atom is 0.451 e. The molecular weight excluding hydrogens is 375 g/mol. The summed E-state index contributed by atoms with van der Waals surface area (Å²) in [5.41, 5.74) is 2.50. The Morgan fingerprint density at radius 3 is 2.50 bits per heavy atom. The Labute approximate surface area is 159 Å². The van der Waals surface area contributed by atoms with E-state index in [0.717, 1.165) is 11.1 Å². The molecule has 1 aromatic carbocycles. The molecule has 2 N–H and O–H groups in total. The third-order valence-electron chi connectivity index (χ3n) is 4.54. The maximum absolute atomic E-state index is 12.8. The Bertz CT molecular complexity index is 873. The van der Waals surface area contributed by atoms with Crippen molar-refractivity contribution in [3.63, 3.8) is 0 Å². The third kappa shape index (κ3) is 4.49. The zero-order chi connectivity index (χ0) is 20.5. The minimum absolute atomic E-state index is 0.165. The van der Waals surface area contributed by atoms with Crippen molar-refractivity contribution >= 4 is 17.8 Å². The molecule has 1 fully saturated rings. The highest BCUT2D eigenvalue weighted by atomic mass is 19.4. The van der Waals surface area contributed by atoms with Crippen LogP contribution in [0.5, 0.6) is 0 Å². The summed E-state index contributed by atoms with van der Waals surface area (Å²) in [5, 5.41) is 7.41.